The fourth-order valence-electron chi connectivity index (χ4n) is 3.87. The zero-order chi connectivity index (χ0) is 18.3. The van der Waals surface area contributed by atoms with Crippen LogP contribution in [0.2, 0.25) is 0 Å². The largest absolute Gasteiger partial charge is 0.497 e. The predicted octanol–water partition coefficient (Wildman–Crippen LogP) is 3.92. The molecule has 5 nitrogen and oxygen atoms in total. The molecule has 1 heterocycles. The van der Waals surface area contributed by atoms with Crippen molar-refractivity contribution in [3.8, 4) is 5.75 Å². The SMILES string of the molecule is COC(=O)N1N=C2c3ccc(OC)cc3CC[C@@H]2[C@@H]1c1ccc(F)cc1. The number of halogens is 1. The van der Waals surface area contributed by atoms with Gasteiger partial charge in [-0.25, -0.2) is 9.18 Å². The van der Waals surface area contributed by atoms with Crippen LogP contribution in [-0.2, 0) is 11.2 Å². The lowest BCUT2D eigenvalue weighted by Gasteiger charge is -2.29. The number of hydrogen-bond donors (Lipinski definition) is 0. The number of ether oxygens (including phenoxy) is 2. The lowest BCUT2D eigenvalue weighted by atomic mass is 9.77. The van der Waals surface area contributed by atoms with Gasteiger partial charge in [0.1, 0.15) is 11.6 Å². The van der Waals surface area contributed by atoms with Crippen LogP contribution in [0.5, 0.6) is 5.75 Å². The second-order valence-corrected chi connectivity index (χ2v) is 6.46. The van der Waals surface area contributed by atoms with Gasteiger partial charge < -0.3 is 9.47 Å². The van der Waals surface area contributed by atoms with E-state index in [0.29, 0.717) is 0 Å². The van der Waals surface area contributed by atoms with Crippen molar-refractivity contribution in [3.05, 3.63) is 65.0 Å². The molecule has 134 valence electrons. The molecule has 0 bridgehead atoms. The molecule has 2 aromatic rings. The number of methoxy groups -OCH3 is 2. The van der Waals surface area contributed by atoms with Crippen molar-refractivity contribution in [1.82, 2.24) is 5.01 Å². The summed E-state index contributed by atoms with van der Waals surface area (Å²) in [7, 11) is 2.98. The highest BCUT2D eigenvalue weighted by atomic mass is 19.1. The van der Waals surface area contributed by atoms with Crippen LogP contribution in [0.1, 0.15) is 29.2 Å². The Balaban J connectivity index is 1.78. The number of fused-ring (bicyclic) bond motifs is 3. The van der Waals surface area contributed by atoms with E-state index in [1.165, 1.54) is 24.3 Å². The molecule has 2 aliphatic rings. The predicted molar refractivity (Wildman–Crippen MR) is 94.7 cm³/mol. The number of carbonyl (C=O) groups is 1. The second kappa shape index (κ2) is 6.44. The molecule has 0 fully saturated rings. The smallest absolute Gasteiger partial charge is 0.430 e. The summed E-state index contributed by atoms with van der Waals surface area (Å²) in [5.74, 6) is 0.541. The second-order valence-electron chi connectivity index (χ2n) is 6.46. The number of amides is 1. The van der Waals surface area contributed by atoms with E-state index in [9.17, 15) is 9.18 Å². The molecule has 26 heavy (non-hydrogen) atoms. The number of rotatable bonds is 2. The highest BCUT2D eigenvalue weighted by Crippen LogP contribution is 2.44. The molecule has 4 rings (SSSR count). The van der Waals surface area contributed by atoms with Crippen molar-refractivity contribution >= 4 is 11.8 Å². The number of hydrazone groups is 1. The first kappa shape index (κ1) is 16.6. The Hall–Kier alpha value is -2.89. The molecule has 0 radical (unpaired) electrons. The Labute approximate surface area is 151 Å². The summed E-state index contributed by atoms with van der Waals surface area (Å²) >= 11 is 0. The van der Waals surface area contributed by atoms with Crippen LogP contribution in [-0.4, -0.2) is 31.0 Å². The summed E-state index contributed by atoms with van der Waals surface area (Å²) < 4.78 is 23.6. The van der Waals surface area contributed by atoms with Crippen LogP contribution in [0.3, 0.4) is 0 Å². The molecule has 2 aromatic carbocycles. The number of hydrogen-bond acceptors (Lipinski definition) is 4. The van der Waals surface area contributed by atoms with Gasteiger partial charge in [0.25, 0.3) is 0 Å². The first-order valence-corrected chi connectivity index (χ1v) is 8.51. The molecule has 0 saturated heterocycles. The van der Waals surface area contributed by atoms with E-state index in [0.717, 1.165) is 41.0 Å². The van der Waals surface area contributed by atoms with Gasteiger partial charge in [-0.05, 0) is 54.3 Å². The minimum Gasteiger partial charge on any atom is -0.497 e. The highest BCUT2D eigenvalue weighted by Gasteiger charge is 2.44. The Morgan fingerprint density at radius 1 is 1.19 bits per heavy atom. The first-order valence-electron chi connectivity index (χ1n) is 8.51. The molecule has 1 aliphatic carbocycles. The average molecular weight is 354 g/mol. The third-order valence-electron chi connectivity index (χ3n) is 5.10. The molecule has 0 unspecified atom stereocenters. The number of aryl methyl sites for hydroxylation is 1. The third kappa shape index (κ3) is 2.62. The van der Waals surface area contributed by atoms with Gasteiger partial charge in [-0.2, -0.15) is 10.1 Å². The topological polar surface area (TPSA) is 51.1 Å². The van der Waals surface area contributed by atoms with Crippen molar-refractivity contribution < 1.29 is 18.7 Å². The maximum Gasteiger partial charge on any atom is 0.430 e. The van der Waals surface area contributed by atoms with Crippen molar-refractivity contribution in [2.24, 2.45) is 11.0 Å². The minimum atomic E-state index is -0.517. The summed E-state index contributed by atoms with van der Waals surface area (Å²) in [6, 6.07) is 11.8. The normalized spacial score (nSPS) is 20.9. The molecule has 6 heteroatoms. The van der Waals surface area contributed by atoms with Gasteiger partial charge in [-0.3, -0.25) is 0 Å². The summed E-state index contributed by atoms with van der Waals surface area (Å²) in [5.41, 5.74) is 3.90. The lowest BCUT2D eigenvalue weighted by molar-refractivity contribution is 0.106. The average Bonchev–Trinajstić information content (AvgIpc) is 3.07. The van der Waals surface area contributed by atoms with E-state index < -0.39 is 6.09 Å². The molecule has 2 atom stereocenters. The van der Waals surface area contributed by atoms with Gasteiger partial charge in [0.15, 0.2) is 0 Å². The van der Waals surface area contributed by atoms with Gasteiger partial charge >= 0.3 is 6.09 Å². The first-order chi connectivity index (χ1) is 12.6. The van der Waals surface area contributed by atoms with E-state index in [1.54, 1.807) is 19.2 Å². The van der Waals surface area contributed by atoms with Crippen molar-refractivity contribution in [2.45, 2.75) is 18.9 Å². The zero-order valence-corrected chi connectivity index (χ0v) is 14.6. The highest BCUT2D eigenvalue weighted by molar-refractivity contribution is 6.06. The quantitative estimate of drug-likeness (QED) is 0.821. The molecule has 0 spiro atoms. The van der Waals surface area contributed by atoms with Gasteiger partial charge in [-0.15, -0.1) is 0 Å². The van der Waals surface area contributed by atoms with E-state index in [-0.39, 0.29) is 17.8 Å². The molecule has 0 N–H and O–H groups in total. The van der Waals surface area contributed by atoms with Crippen LogP contribution in [0, 0.1) is 11.7 Å². The van der Waals surface area contributed by atoms with Crippen LogP contribution < -0.4 is 4.74 Å². The van der Waals surface area contributed by atoms with E-state index in [4.69, 9.17) is 9.47 Å². The molecule has 0 saturated carbocycles. The van der Waals surface area contributed by atoms with Gasteiger partial charge in [-0.1, -0.05) is 12.1 Å². The molecular weight excluding hydrogens is 335 g/mol. The Kier molecular flexibility index (Phi) is 4.11. The summed E-state index contributed by atoms with van der Waals surface area (Å²) in [6.07, 6.45) is 1.19. The maximum atomic E-state index is 13.4. The molecule has 1 amide bonds. The van der Waals surface area contributed by atoms with Crippen LogP contribution in [0.4, 0.5) is 9.18 Å². The maximum absolute atomic E-state index is 13.4. The molecule has 1 aliphatic heterocycles. The zero-order valence-electron chi connectivity index (χ0n) is 14.6. The fourth-order valence-corrected chi connectivity index (χ4v) is 3.87. The minimum absolute atomic E-state index is 0.0421. The Bertz CT molecular complexity index is 879. The van der Waals surface area contributed by atoms with Crippen molar-refractivity contribution in [1.29, 1.82) is 0 Å². The van der Waals surface area contributed by atoms with Gasteiger partial charge in [0.05, 0.1) is 26.0 Å². The number of carbonyl (C=O) groups excluding carboxylic acids is 1. The van der Waals surface area contributed by atoms with Crippen molar-refractivity contribution in [3.63, 3.8) is 0 Å². The van der Waals surface area contributed by atoms with Crippen molar-refractivity contribution in [2.75, 3.05) is 14.2 Å². The van der Waals surface area contributed by atoms with Gasteiger partial charge in [0.2, 0.25) is 0 Å². The number of benzene rings is 2. The van der Waals surface area contributed by atoms with E-state index in [1.807, 2.05) is 18.2 Å². The summed E-state index contributed by atoms with van der Waals surface area (Å²) in [4.78, 5) is 12.3. The fraction of sp³-hybridized carbons (Fsp3) is 0.300. The Morgan fingerprint density at radius 3 is 2.65 bits per heavy atom. The Morgan fingerprint density at radius 2 is 1.96 bits per heavy atom. The standard InChI is InChI=1S/C20H19FN2O3/c1-25-15-8-10-16-13(11-15)5-9-17-18(16)22-23(20(24)26-2)19(17)12-3-6-14(21)7-4-12/h3-4,6-8,10-11,17,19H,5,9H2,1-2H3/t17-,19-/m0/s1. The van der Waals surface area contributed by atoms with Crippen LogP contribution in [0.15, 0.2) is 47.6 Å². The summed E-state index contributed by atoms with van der Waals surface area (Å²) in [6.45, 7) is 0. The van der Waals surface area contributed by atoms with Gasteiger partial charge in [0, 0.05) is 11.5 Å². The summed E-state index contributed by atoms with van der Waals surface area (Å²) in [5, 5.41) is 5.98. The van der Waals surface area contributed by atoms with E-state index in [2.05, 4.69) is 5.10 Å². The molecule has 0 aromatic heterocycles. The van der Waals surface area contributed by atoms with Crippen LogP contribution in [0.25, 0.3) is 0 Å². The van der Waals surface area contributed by atoms with Crippen LogP contribution >= 0.6 is 0 Å². The molecular formula is C20H19FN2O3. The monoisotopic (exact) mass is 354 g/mol. The third-order valence-corrected chi connectivity index (χ3v) is 5.10. The van der Waals surface area contributed by atoms with E-state index >= 15 is 0 Å². The lowest BCUT2D eigenvalue weighted by Crippen LogP contribution is -2.32. The number of nitrogens with zero attached hydrogens (tertiary/aromatic N) is 2.